The van der Waals surface area contributed by atoms with Gasteiger partial charge in [-0.25, -0.2) is 9.78 Å². The number of carbonyl (C=O) groups excluding carboxylic acids is 3. The first-order valence-electron chi connectivity index (χ1n) is 10.8. The van der Waals surface area contributed by atoms with Gasteiger partial charge in [0, 0.05) is 17.3 Å². The van der Waals surface area contributed by atoms with Gasteiger partial charge in [-0.15, -0.1) is 0 Å². The molecule has 184 valence electrons. The highest BCUT2D eigenvalue weighted by atomic mass is 35.5. The van der Waals surface area contributed by atoms with Gasteiger partial charge in [-0.2, -0.15) is 0 Å². The standard InChI is InChI=1S/C24H25ClN4O5S/c1-2-34-23(33)17-5-9-19(10-6-17)28-22(32)15-35-24-27-12-20(14-30)29(24)13-21(31)26-11-16-3-7-18(25)8-4-16/h3-10,12,30H,2,11,13-15H2,1H3,(H,26,31)(H,28,32). The van der Waals surface area contributed by atoms with Crippen molar-refractivity contribution in [1.82, 2.24) is 14.9 Å². The van der Waals surface area contributed by atoms with Crippen molar-refractivity contribution < 1.29 is 24.2 Å². The van der Waals surface area contributed by atoms with Crippen LogP contribution in [0.1, 0.15) is 28.5 Å². The van der Waals surface area contributed by atoms with Crippen molar-refractivity contribution in [2.45, 2.75) is 31.8 Å². The van der Waals surface area contributed by atoms with Crippen LogP contribution in [0.3, 0.4) is 0 Å². The average Bonchev–Trinajstić information content (AvgIpc) is 3.24. The molecule has 0 saturated heterocycles. The van der Waals surface area contributed by atoms with Crippen LogP contribution in [0.5, 0.6) is 0 Å². The van der Waals surface area contributed by atoms with E-state index in [0.29, 0.717) is 33.7 Å². The highest BCUT2D eigenvalue weighted by Crippen LogP contribution is 2.20. The van der Waals surface area contributed by atoms with E-state index in [0.717, 1.165) is 17.3 Å². The minimum atomic E-state index is -0.426. The van der Waals surface area contributed by atoms with Crippen LogP contribution in [-0.4, -0.2) is 44.8 Å². The lowest BCUT2D eigenvalue weighted by molar-refractivity contribution is -0.122. The molecule has 1 aromatic heterocycles. The lowest BCUT2D eigenvalue weighted by atomic mass is 10.2. The number of benzene rings is 2. The van der Waals surface area contributed by atoms with E-state index in [4.69, 9.17) is 16.3 Å². The molecule has 0 saturated carbocycles. The van der Waals surface area contributed by atoms with Crippen LogP contribution in [0.15, 0.2) is 59.9 Å². The van der Waals surface area contributed by atoms with Crippen molar-refractivity contribution in [3.8, 4) is 0 Å². The van der Waals surface area contributed by atoms with Gasteiger partial charge in [0.2, 0.25) is 11.8 Å². The van der Waals surface area contributed by atoms with Gasteiger partial charge in [0.05, 0.1) is 36.4 Å². The van der Waals surface area contributed by atoms with E-state index in [1.165, 1.54) is 6.20 Å². The molecular weight excluding hydrogens is 492 g/mol. The summed E-state index contributed by atoms with van der Waals surface area (Å²) >= 11 is 7.02. The number of hydrogen-bond donors (Lipinski definition) is 3. The summed E-state index contributed by atoms with van der Waals surface area (Å²) in [7, 11) is 0. The Morgan fingerprint density at radius 3 is 2.46 bits per heavy atom. The van der Waals surface area contributed by atoms with Crippen LogP contribution in [0.2, 0.25) is 5.02 Å². The average molecular weight is 517 g/mol. The fourth-order valence-electron chi connectivity index (χ4n) is 3.04. The van der Waals surface area contributed by atoms with Gasteiger partial charge in [-0.05, 0) is 48.9 Å². The quantitative estimate of drug-likeness (QED) is 0.264. The molecule has 3 rings (SSSR count). The zero-order chi connectivity index (χ0) is 25.2. The fourth-order valence-corrected chi connectivity index (χ4v) is 3.96. The first kappa shape index (κ1) is 26.3. The molecule has 0 atom stereocenters. The first-order valence-corrected chi connectivity index (χ1v) is 12.1. The van der Waals surface area contributed by atoms with Crippen LogP contribution in [0.25, 0.3) is 0 Å². The summed E-state index contributed by atoms with van der Waals surface area (Å²) in [6.45, 7) is 2.00. The predicted molar refractivity (Wildman–Crippen MR) is 133 cm³/mol. The number of carbonyl (C=O) groups is 3. The number of rotatable bonds is 11. The van der Waals surface area contributed by atoms with E-state index in [1.54, 1.807) is 47.9 Å². The Labute approximate surface area is 211 Å². The molecule has 0 unspecified atom stereocenters. The van der Waals surface area contributed by atoms with Crippen molar-refractivity contribution in [2.24, 2.45) is 0 Å². The van der Waals surface area contributed by atoms with Crippen molar-refractivity contribution in [1.29, 1.82) is 0 Å². The van der Waals surface area contributed by atoms with Crippen LogP contribution >= 0.6 is 23.4 Å². The van der Waals surface area contributed by atoms with E-state index in [2.05, 4.69) is 15.6 Å². The number of hydrogen-bond acceptors (Lipinski definition) is 7. The summed E-state index contributed by atoms with van der Waals surface area (Å²) < 4.78 is 6.51. The van der Waals surface area contributed by atoms with Gasteiger partial charge in [0.1, 0.15) is 6.54 Å². The zero-order valence-electron chi connectivity index (χ0n) is 19.0. The summed E-state index contributed by atoms with van der Waals surface area (Å²) in [6, 6.07) is 13.5. The van der Waals surface area contributed by atoms with Crippen molar-refractivity contribution in [2.75, 3.05) is 17.7 Å². The van der Waals surface area contributed by atoms with Crippen molar-refractivity contribution in [3.63, 3.8) is 0 Å². The Balaban J connectivity index is 1.54. The molecule has 1 heterocycles. The van der Waals surface area contributed by atoms with Gasteiger partial charge < -0.3 is 25.0 Å². The second-order valence-corrected chi connectivity index (χ2v) is 8.69. The second kappa shape index (κ2) is 12.9. The summed E-state index contributed by atoms with van der Waals surface area (Å²) in [5.41, 5.74) is 2.29. The molecule has 9 nitrogen and oxygen atoms in total. The smallest absolute Gasteiger partial charge is 0.338 e. The first-order chi connectivity index (χ1) is 16.9. The number of aliphatic hydroxyl groups excluding tert-OH is 1. The molecule has 3 aromatic rings. The van der Waals surface area contributed by atoms with Crippen LogP contribution in [0.4, 0.5) is 5.69 Å². The Kier molecular flexibility index (Phi) is 9.71. The number of anilines is 1. The number of amides is 2. The minimum Gasteiger partial charge on any atom is -0.462 e. The molecular formula is C24H25ClN4O5S. The Morgan fingerprint density at radius 2 is 1.80 bits per heavy atom. The Morgan fingerprint density at radius 1 is 1.09 bits per heavy atom. The van der Waals surface area contributed by atoms with Gasteiger partial charge in [-0.1, -0.05) is 35.5 Å². The molecule has 0 bridgehead atoms. The number of imidazole rings is 1. The minimum absolute atomic E-state index is 0.0356. The summed E-state index contributed by atoms with van der Waals surface area (Å²) in [5, 5.41) is 16.2. The molecule has 35 heavy (non-hydrogen) atoms. The largest absolute Gasteiger partial charge is 0.462 e. The number of aromatic nitrogens is 2. The summed E-state index contributed by atoms with van der Waals surface area (Å²) in [6.07, 6.45) is 1.47. The number of ether oxygens (including phenoxy) is 1. The Bertz CT molecular complexity index is 1170. The third kappa shape index (κ3) is 7.84. The third-order valence-corrected chi connectivity index (χ3v) is 6.02. The van der Waals surface area contributed by atoms with Crippen LogP contribution in [-0.2, 0) is 34.0 Å². The lowest BCUT2D eigenvalue weighted by Crippen LogP contribution is -2.28. The molecule has 0 aliphatic carbocycles. The maximum absolute atomic E-state index is 12.5. The van der Waals surface area contributed by atoms with Crippen molar-refractivity contribution >= 4 is 46.8 Å². The fraction of sp³-hybridized carbons (Fsp3) is 0.250. The number of thioether (sulfide) groups is 1. The topological polar surface area (TPSA) is 123 Å². The summed E-state index contributed by atoms with van der Waals surface area (Å²) in [4.78, 5) is 40.8. The molecule has 2 aromatic carbocycles. The number of nitrogens with zero attached hydrogens (tertiary/aromatic N) is 2. The van der Waals surface area contributed by atoms with E-state index >= 15 is 0 Å². The van der Waals surface area contributed by atoms with Gasteiger partial charge >= 0.3 is 5.97 Å². The molecule has 0 aliphatic heterocycles. The maximum Gasteiger partial charge on any atom is 0.338 e. The normalized spacial score (nSPS) is 10.6. The van der Waals surface area contributed by atoms with Gasteiger partial charge in [-0.3, -0.25) is 9.59 Å². The maximum atomic E-state index is 12.5. The molecule has 0 radical (unpaired) electrons. The lowest BCUT2D eigenvalue weighted by Gasteiger charge is -2.11. The van der Waals surface area contributed by atoms with Crippen LogP contribution < -0.4 is 10.6 Å². The highest BCUT2D eigenvalue weighted by Gasteiger charge is 2.15. The van der Waals surface area contributed by atoms with Crippen LogP contribution in [0, 0.1) is 0 Å². The number of halogens is 1. The summed E-state index contributed by atoms with van der Waals surface area (Å²) in [5.74, 6) is -0.940. The second-order valence-electron chi connectivity index (χ2n) is 7.31. The molecule has 0 spiro atoms. The number of nitrogens with one attached hydrogen (secondary N) is 2. The highest BCUT2D eigenvalue weighted by molar-refractivity contribution is 7.99. The molecule has 0 aliphatic rings. The van der Waals surface area contributed by atoms with E-state index in [-0.39, 0.29) is 37.3 Å². The van der Waals surface area contributed by atoms with Gasteiger partial charge in [0.15, 0.2) is 5.16 Å². The van der Waals surface area contributed by atoms with Crippen molar-refractivity contribution in [3.05, 3.63) is 76.6 Å². The monoisotopic (exact) mass is 516 g/mol. The SMILES string of the molecule is CCOC(=O)c1ccc(NC(=O)CSc2ncc(CO)n2CC(=O)NCc2ccc(Cl)cc2)cc1. The molecule has 0 fully saturated rings. The van der Waals surface area contributed by atoms with Gasteiger partial charge in [0.25, 0.3) is 0 Å². The van der Waals surface area contributed by atoms with E-state index < -0.39 is 5.97 Å². The third-order valence-electron chi connectivity index (χ3n) is 4.78. The van der Waals surface area contributed by atoms with E-state index in [1.807, 2.05) is 12.1 Å². The number of aliphatic hydroxyl groups is 1. The predicted octanol–water partition coefficient (Wildman–Crippen LogP) is 3.25. The zero-order valence-corrected chi connectivity index (χ0v) is 20.6. The van der Waals surface area contributed by atoms with E-state index in [9.17, 15) is 19.5 Å². The molecule has 3 N–H and O–H groups in total. The Hall–Kier alpha value is -3.34. The number of esters is 1. The molecule has 11 heteroatoms. The molecule has 2 amide bonds.